The third-order valence-corrected chi connectivity index (χ3v) is 4.46. The maximum atomic E-state index is 12.3. The van der Waals surface area contributed by atoms with E-state index < -0.39 is 5.41 Å². The molecule has 0 radical (unpaired) electrons. The Hall–Kier alpha value is -1.12. The van der Waals surface area contributed by atoms with E-state index in [1.54, 1.807) is 0 Å². The molecule has 0 aromatic carbocycles. The van der Waals surface area contributed by atoms with Gasteiger partial charge in [0.25, 0.3) is 0 Å². The molecular weight excluding hydrogens is 228 g/mol. The number of ether oxygens (including phenoxy) is 1. The van der Waals surface area contributed by atoms with Gasteiger partial charge in [-0.25, -0.2) is 0 Å². The standard InChI is InChI=1S/C15H24O3/c1-6-11(2)13(17)18-10-12(16)15(5)9-7-8-14(15,3)4/h7-8,11H,6,9-10H2,1-5H3. The largest absolute Gasteiger partial charge is 0.457 e. The molecule has 3 heteroatoms. The van der Waals surface area contributed by atoms with Crippen molar-refractivity contribution in [3.63, 3.8) is 0 Å². The fourth-order valence-electron chi connectivity index (χ4n) is 2.11. The Labute approximate surface area is 110 Å². The summed E-state index contributed by atoms with van der Waals surface area (Å²) < 4.78 is 5.11. The lowest BCUT2D eigenvalue weighted by Gasteiger charge is -2.36. The average Bonchev–Trinajstić information content (AvgIpc) is 2.60. The summed E-state index contributed by atoms with van der Waals surface area (Å²) in [6.07, 6.45) is 5.56. The van der Waals surface area contributed by atoms with Crippen LogP contribution in [0.15, 0.2) is 12.2 Å². The second kappa shape index (κ2) is 5.25. The van der Waals surface area contributed by atoms with Gasteiger partial charge < -0.3 is 4.74 Å². The van der Waals surface area contributed by atoms with Crippen LogP contribution in [0.5, 0.6) is 0 Å². The Balaban J connectivity index is 2.60. The molecule has 2 atom stereocenters. The molecule has 0 N–H and O–H groups in total. The lowest BCUT2D eigenvalue weighted by molar-refractivity contribution is -0.155. The second-order valence-electron chi connectivity index (χ2n) is 6.00. The summed E-state index contributed by atoms with van der Waals surface area (Å²) in [6, 6.07) is 0. The van der Waals surface area contributed by atoms with E-state index in [2.05, 4.69) is 6.08 Å². The van der Waals surface area contributed by atoms with Gasteiger partial charge in [-0.15, -0.1) is 0 Å². The minimum atomic E-state index is -0.456. The topological polar surface area (TPSA) is 43.4 Å². The monoisotopic (exact) mass is 252 g/mol. The van der Waals surface area contributed by atoms with Crippen molar-refractivity contribution in [2.24, 2.45) is 16.7 Å². The molecule has 1 aliphatic carbocycles. The number of esters is 1. The summed E-state index contributed by atoms with van der Waals surface area (Å²) in [5, 5.41) is 0. The quantitative estimate of drug-likeness (QED) is 0.557. The van der Waals surface area contributed by atoms with E-state index >= 15 is 0 Å². The molecule has 0 amide bonds. The van der Waals surface area contributed by atoms with E-state index in [1.807, 2.05) is 40.7 Å². The Bertz CT molecular complexity index is 368. The first-order valence-corrected chi connectivity index (χ1v) is 6.62. The summed E-state index contributed by atoms with van der Waals surface area (Å²) in [7, 11) is 0. The zero-order valence-electron chi connectivity index (χ0n) is 12.1. The first-order chi connectivity index (χ1) is 8.24. The normalized spacial score (nSPS) is 26.9. The van der Waals surface area contributed by atoms with E-state index in [1.165, 1.54) is 0 Å². The molecule has 0 aromatic heterocycles. The maximum absolute atomic E-state index is 12.3. The molecule has 0 aliphatic heterocycles. The molecule has 0 aromatic rings. The molecule has 0 spiro atoms. The van der Waals surface area contributed by atoms with Crippen LogP contribution in [0.1, 0.15) is 47.5 Å². The van der Waals surface area contributed by atoms with E-state index in [0.717, 1.165) is 12.8 Å². The highest BCUT2D eigenvalue weighted by Gasteiger charge is 2.47. The van der Waals surface area contributed by atoms with Gasteiger partial charge >= 0.3 is 5.97 Å². The Morgan fingerprint density at radius 1 is 1.33 bits per heavy atom. The van der Waals surface area contributed by atoms with Crippen LogP contribution in [0.4, 0.5) is 0 Å². The number of hydrogen-bond acceptors (Lipinski definition) is 3. The number of carbonyl (C=O) groups excluding carboxylic acids is 2. The van der Waals surface area contributed by atoms with Crippen LogP contribution in [0.25, 0.3) is 0 Å². The fraction of sp³-hybridized carbons (Fsp3) is 0.733. The number of hydrogen-bond donors (Lipinski definition) is 0. The third-order valence-electron chi connectivity index (χ3n) is 4.46. The molecule has 3 nitrogen and oxygen atoms in total. The predicted molar refractivity (Wildman–Crippen MR) is 71.1 cm³/mol. The highest BCUT2D eigenvalue weighted by molar-refractivity contribution is 5.89. The van der Waals surface area contributed by atoms with Crippen molar-refractivity contribution in [1.29, 1.82) is 0 Å². The molecule has 1 aliphatic rings. The van der Waals surface area contributed by atoms with Gasteiger partial charge in [-0.1, -0.05) is 46.8 Å². The predicted octanol–water partition coefficient (Wildman–Crippen LogP) is 3.14. The smallest absolute Gasteiger partial charge is 0.309 e. The van der Waals surface area contributed by atoms with E-state index in [0.29, 0.717) is 0 Å². The minimum absolute atomic E-state index is 0.00848. The highest BCUT2D eigenvalue weighted by atomic mass is 16.5. The summed E-state index contributed by atoms with van der Waals surface area (Å²) in [5.41, 5.74) is -0.629. The SMILES string of the molecule is CCC(C)C(=O)OCC(=O)C1(C)CC=CC1(C)C. The Kier molecular flexibility index (Phi) is 4.36. The van der Waals surface area contributed by atoms with Crippen LogP contribution in [0.3, 0.4) is 0 Å². The molecule has 0 bridgehead atoms. The van der Waals surface area contributed by atoms with Crippen LogP contribution < -0.4 is 0 Å². The van der Waals surface area contributed by atoms with Crippen molar-refractivity contribution in [1.82, 2.24) is 0 Å². The highest BCUT2D eigenvalue weighted by Crippen LogP contribution is 2.48. The van der Waals surface area contributed by atoms with E-state index in [4.69, 9.17) is 4.74 Å². The molecule has 1 rings (SSSR count). The van der Waals surface area contributed by atoms with E-state index in [-0.39, 0.29) is 29.7 Å². The van der Waals surface area contributed by atoms with Crippen molar-refractivity contribution in [2.75, 3.05) is 6.61 Å². The van der Waals surface area contributed by atoms with Crippen LogP contribution in [0.2, 0.25) is 0 Å². The number of allylic oxidation sites excluding steroid dienone is 2. The summed E-state index contributed by atoms with van der Waals surface area (Å²) in [4.78, 5) is 23.8. The van der Waals surface area contributed by atoms with Gasteiger partial charge in [0.15, 0.2) is 12.4 Å². The number of rotatable bonds is 5. The molecule has 102 valence electrons. The van der Waals surface area contributed by atoms with Gasteiger partial charge in [-0.3, -0.25) is 9.59 Å². The molecule has 0 saturated carbocycles. The summed E-state index contributed by atoms with van der Waals surface area (Å²) in [6.45, 7) is 9.68. The zero-order chi connectivity index (χ0) is 14.0. The molecule has 2 unspecified atom stereocenters. The van der Waals surface area contributed by atoms with E-state index in [9.17, 15) is 9.59 Å². The number of Topliss-reactive ketones (excluding diaryl/α,β-unsaturated/α-hetero) is 1. The first-order valence-electron chi connectivity index (χ1n) is 6.62. The molecule has 18 heavy (non-hydrogen) atoms. The minimum Gasteiger partial charge on any atom is -0.457 e. The molecule has 0 saturated heterocycles. The Morgan fingerprint density at radius 2 is 1.94 bits per heavy atom. The van der Waals surface area contributed by atoms with Crippen LogP contribution in [0, 0.1) is 16.7 Å². The van der Waals surface area contributed by atoms with Crippen LogP contribution in [-0.4, -0.2) is 18.4 Å². The van der Waals surface area contributed by atoms with Gasteiger partial charge in [0.1, 0.15) is 0 Å². The van der Waals surface area contributed by atoms with Gasteiger partial charge in [0.2, 0.25) is 0 Å². The van der Waals surface area contributed by atoms with Gasteiger partial charge in [-0.05, 0) is 18.3 Å². The number of carbonyl (C=O) groups is 2. The fourth-order valence-corrected chi connectivity index (χ4v) is 2.11. The summed E-state index contributed by atoms with van der Waals surface area (Å²) in [5.74, 6) is -0.410. The second-order valence-corrected chi connectivity index (χ2v) is 6.00. The van der Waals surface area contributed by atoms with Gasteiger partial charge in [0.05, 0.1) is 5.92 Å². The Morgan fingerprint density at radius 3 is 2.39 bits per heavy atom. The third kappa shape index (κ3) is 2.65. The summed E-state index contributed by atoms with van der Waals surface area (Å²) >= 11 is 0. The first kappa shape index (κ1) is 14.9. The lowest BCUT2D eigenvalue weighted by Crippen LogP contribution is -2.40. The van der Waals surface area contributed by atoms with Crippen molar-refractivity contribution in [3.05, 3.63) is 12.2 Å². The van der Waals surface area contributed by atoms with Crippen LogP contribution in [-0.2, 0) is 14.3 Å². The van der Waals surface area contributed by atoms with Crippen molar-refractivity contribution in [3.8, 4) is 0 Å². The van der Waals surface area contributed by atoms with Crippen LogP contribution >= 0.6 is 0 Å². The molecule has 0 fully saturated rings. The zero-order valence-corrected chi connectivity index (χ0v) is 12.1. The number of ketones is 1. The molecular formula is C15H24O3. The maximum Gasteiger partial charge on any atom is 0.309 e. The van der Waals surface area contributed by atoms with Crippen molar-refractivity contribution < 1.29 is 14.3 Å². The average molecular weight is 252 g/mol. The van der Waals surface area contributed by atoms with Crippen molar-refractivity contribution >= 4 is 11.8 Å². The lowest BCUT2D eigenvalue weighted by atomic mass is 9.66. The van der Waals surface area contributed by atoms with Crippen molar-refractivity contribution in [2.45, 2.75) is 47.5 Å². The van der Waals surface area contributed by atoms with Gasteiger partial charge in [-0.2, -0.15) is 0 Å². The van der Waals surface area contributed by atoms with Gasteiger partial charge in [0, 0.05) is 5.41 Å². The molecule has 0 heterocycles.